The molecule has 1 aromatic heterocycles. The van der Waals surface area contributed by atoms with Crippen LogP contribution in [-0.2, 0) is 19.1 Å². The number of rotatable bonds is 5. The summed E-state index contributed by atoms with van der Waals surface area (Å²) in [5.74, 6) is -1.83. The smallest absolute Gasteiger partial charge is 0.422 e. The molecule has 166 valence electrons. The number of aryl methyl sites for hydroxylation is 1. The van der Waals surface area contributed by atoms with Crippen molar-refractivity contribution in [3.05, 3.63) is 21.8 Å². The fourth-order valence-corrected chi connectivity index (χ4v) is 3.01. The highest BCUT2D eigenvalue weighted by atomic mass is 35.5. The lowest BCUT2D eigenvalue weighted by Gasteiger charge is -2.30. The van der Waals surface area contributed by atoms with Crippen LogP contribution in [0.15, 0.2) is 6.07 Å². The Morgan fingerprint density at radius 3 is 2.43 bits per heavy atom. The van der Waals surface area contributed by atoms with Crippen LogP contribution in [0.4, 0.5) is 23.8 Å². The molecule has 0 aromatic carbocycles. The van der Waals surface area contributed by atoms with Crippen molar-refractivity contribution in [2.75, 3.05) is 31.6 Å². The first-order valence-corrected chi connectivity index (χ1v) is 9.49. The number of alkyl halides is 3. The number of nitrogens with one attached hydrogen (secondary N) is 1. The van der Waals surface area contributed by atoms with Gasteiger partial charge in [0.25, 0.3) is 5.91 Å². The molecule has 0 saturated carbocycles. The summed E-state index contributed by atoms with van der Waals surface area (Å²) in [5.41, 5.74) is 0.453. The highest BCUT2D eigenvalue weighted by Gasteiger charge is 2.33. The first kappa shape index (κ1) is 24.0. The molecular weight excluding hydrogens is 454 g/mol. The molecule has 1 saturated heterocycles. The SMILES string of the molecule is Cc1nc(NC(=O)COC(=O)C2CCN(C(=O)OCC(F)(F)F)CC2)c(Cl)cc1Cl. The summed E-state index contributed by atoms with van der Waals surface area (Å²) >= 11 is 11.8. The Kier molecular flexibility index (Phi) is 8.13. The molecule has 0 aliphatic carbocycles. The van der Waals surface area contributed by atoms with Crippen molar-refractivity contribution in [2.45, 2.75) is 25.9 Å². The Morgan fingerprint density at radius 2 is 1.83 bits per heavy atom. The van der Waals surface area contributed by atoms with E-state index >= 15 is 0 Å². The number of likely N-dealkylation sites (tertiary alicyclic amines) is 1. The lowest BCUT2D eigenvalue weighted by molar-refractivity contribution is -0.163. The van der Waals surface area contributed by atoms with Crippen LogP contribution in [0.2, 0.25) is 10.0 Å². The van der Waals surface area contributed by atoms with E-state index in [0.29, 0.717) is 10.7 Å². The molecule has 0 unspecified atom stereocenters. The standard InChI is InChI=1S/C17H18Cl2F3N3O5/c1-9-11(18)6-12(19)14(23-9)24-13(26)7-29-15(27)10-2-4-25(5-3-10)16(28)30-8-17(20,21)22/h6,10H,2-5,7-8H2,1H3,(H,23,24,26). The van der Waals surface area contributed by atoms with Crippen LogP contribution in [-0.4, -0.2) is 60.3 Å². The molecule has 0 radical (unpaired) electrons. The van der Waals surface area contributed by atoms with Crippen LogP contribution in [0.1, 0.15) is 18.5 Å². The summed E-state index contributed by atoms with van der Waals surface area (Å²) in [6.07, 6.45) is -5.36. The zero-order valence-electron chi connectivity index (χ0n) is 15.7. The highest BCUT2D eigenvalue weighted by Crippen LogP contribution is 2.25. The summed E-state index contributed by atoms with van der Waals surface area (Å²) < 4.78 is 45.4. The van der Waals surface area contributed by atoms with E-state index in [-0.39, 0.29) is 36.8 Å². The molecule has 30 heavy (non-hydrogen) atoms. The van der Waals surface area contributed by atoms with Gasteiger partial charge in [-0.25, -0.2) is 9.78 Å². The normalized spacial score (nSPS) is 14.9. The third kappa shape index (κ3) is 7.21. The van der Waals surface area contributed by atoms with Gasteiger partial charge in [-0.3, -0.25) is 9.59 Å². The van der Waals surface area contributed by atoms with Crippen molar-refractivity contribution < 1.29 is 37.0 Å². The van der Waals surface area contributed by atoms with Gasteiger partial charge in [-0.2, -0.15) is 13.2 Å². The summed E-state index contributed by atoms with van der Waals surface area (Å²) in [5, 5.41) is 2.86. The van der Waals surface area contributed by atoms with Gasteiger partial charge in [-0.05, 0) is 25.8 Å². The Balaban J connectivity index is 1.75. The number of nitrogens with zero attached hydrogens (tertiary/aromatic N) is 2. The van der Waals surface area contributed by atoms with Gasteiger partial charge in [0.2, 0.25) is 0 Å². The second-order valence-electron chi connectivity index (χ2n) is 6.47. The molecule has 0 spiro atoms. The quantitative estimate of drug-likeness (QED) is 0.658. The van der Waals surface area contributed by atoms with E-state index in [2.05, 4.69) is 15.0 Å². The van der Waals surface area contributed by atoms with Gasteiger partial charge in [0, 0.05) is 13.1 Å². The van der Waals surface area contributed by atoms with E-state index in [1.807, 2.05) is 0 Å². The van der Waals surface area contributed by atoms with Crippen molar-refractivity contribution in [2.24, 2.45) is 5.92 Å². The molecule has 0 atom stereocenters. The second-order valence-corrected chi connectivity index (χ2v) is 7.29. The number of esters is 1. The average molecular weight is 472 g/mol. The van der Waals surface area contributed by atoms with Crippen LogP contribution in [0, 0.1) is 12.8 Å². The molecular formula is C17H18Cl2F3N3O5. The number of aromatic nitrogens is 1. The molecule has 1 aliphatic rings. The number of piperidine rings is 1. The van der Waals surface area contributed by atoms with Crippen LogP contribution in [0.5, 0.6) is 0 Å². The average Bonchev–Trinajstić information content (AvgIpc) is 2.68. The Bertz CT molecular complexity index is 815. The van der Waals surface area contributed by atoms with Gasteiger partial charge >= 0.3 is 18.2 Å². The maximum atomic E-state index is 12.1. The zero-order valence-corrected chi connectivity index (χ0v) is 17.2. The monoisotopic (exact) mass is 471 g/mol. The minimum Gasteiger partial charge on any atom is -0.455 e. The van der Waals surface area contributed by atoms with Gasteiger partial charge < -0.3 is 19.7 Å². The van der Waals surface area contributed by atoms with Crippen LogP contribution >= 0.6 is 23.2 Å². The number of amides is 2. The highest BCUT2D eigenvalue weighted by molar-refractivity contribution is 6.36. The first-order valence-electron chi connectivity index (χ1n) is 8.74. The van der Waals surface area contributed by atoms with Gasteiger partial charge in [-0.15, -0.1) is 0 Å². The van der Waals surface area contributed by atoms with E-state index < -0.39 is 43.3 Å². The van der Waals surface area contributed by atoms with Gasteiger partial charge in [0.1, 0.15) is 0 Å². The lowest BCUT2D eigenvalue weighted by Crippen LogP contribution is -2.42. The van der Waals surface area contributed by atoms with Crippen molar-refractivity contribution in [3.8, 4) is 0 Å². The minimum atomic E-state index is -4.61. The maximum Gasteiger partial charge on any atom is 0.422 e. The molecule has 1 aromatic rings. The molecule has 1 fully saturated rings. The Labute approximate surface area is 179 Å². The summed E-state index contributed by atoms with van der Waals surface area (Å²) in [6, 6.07) is 1.42. The van der Waals surface area contributed by atoms with E-state index in [1.165, 1.54) is 6.07 Å². The van der Waals surface area contributed by atoms with Crippen LogP contribution in [0.25, 0.3) is 0 Å². The number of carbonyl (C=O) groups is 3. The molecule has 2 rings (SSSR count). The predicted molar refractivity (Wildman–Crippen MR) is 100 cm³/mol. The number of hydrogen-bond acceptors (Lipinski definition) is 6. The molecule has 1 aliphatic heterocycles. The van der Waals surface area contributed by atoms with Crippen molar-refractivity contribution >= 4 is 47.0 Å². The minimum absolute atomic E-state index is 0.0340. The lowest BCUT2D eigenvalue weighted by atomic mass is 9.97. The van der Waals surface area contributed by atoms with Gasteiger partial charge in [0.05, 0.1) is 21.7 Å². The fourth-order valence-electron chi connectivity index (χ4n) is 2.60. The van der Waals surface area contributed by atoms with Crippen LogP contribution in [0.3, 0.4) is 0 Å². The largest absolute Gasteiger partial charge is 0.455 e. The van der Waals surface area contributed by atoms with Crippen LogP contribution < -0.4 is 5.32 Å². The van der Waals surface area contributed by atoms with E-state index in [9.17, 15) is 27.6 Å². The topological polar surface area (TPSA) is 97.8 Å². The molecule has 8 nitrogen and oxygen atoms in total. The van der Waals surface area contributed by atoms with Gasteiger partial charge in [0.15, 0.2) is 19.0 Å². The number of halogens is 5. The number of hydrogen-bond donors (Lipinski definition) is 1. The summed E-state index contributed by atoms with van der Waals surface area (Å²) in [6.45, 7) is -0.556. The molecule has 1 N–H and O–H groups in total. The predicted octanol–water partition coefficient (Wildman–Crippen LogP) is 3.59. The third-order valence-electron chi connectivity index (χ3n) is 4.15. The number of pyridine rings is 1. The third-order valence-corrected chi connectivity index (χ3v) is 4.82. The Morgan fingerprint density at radius 1 is 1.20 bits per heavy atom. The molecule has 2 heterocycles. The second kappa shape index (κ2) is 10.2. The number of anilines is 1. The molecule has 2 amide bonds. The number of ether oxygens (including phenoxy) is 2. The zero-order chi connectivity index (χ0) is 22.5. The maximum absolute atomic E-state index is 12.1. The van der Waals surface area contributed by atoms with Crippen molar-refractivity contribution in [3.63, 3.8) is 0 Å². The molecule has 0 bridgehead atoms. The number of carbonyl (C=O) groups excluding carboxylic acids is 3. The van der Waals surface area contributed by atoms with Gasteiger partial charge in [-0.1, -0.05) is 23.2 Å². The van der Waals surface area contributed by atoms with E-state index in [0.717, 1.165) is 4.90 Å². The van der Waals surface area contributed by atoms with E-state index in [4.69, 9.17) is 27.9 Å². The fraction of sp³-hybridized carbons (Fsp3) is 0.529. The summed E-state index contributed by atoms with van der Waals surface area (Å²) in [7, 11) is 0. The van der Waals surface area contributed by atoms with Crippen molar-refractivity contribution in [1.29, 1.82) is 0 Å². The van der Waals surface area contributed by atoms with Crippen molar-refractivity contribution in [1.82, 2.24) is 9.88 Å². The summed E-state index contributed by atoms with van der Waals surface area (Å²) in [4.78, 5) is 40.8. The molecule has 13 heteroatoms. The first-order chi connectivity index (χ1) is 14.0. The Hall–Kier alpha value is -2.27. The van der Waals surface area contributed by atoms with E-state index in [1.54, 1.807) is 6.92 Å².